The quantitative estimate of drug-likeness (QED) is 0.805. The highest BCUT2D eigenvalue weighted by atomic mass is 32.1. The van der Waals surface area contributed by atoms with Gasteiger partial charge in [-0.3, -0.25) is 4.98 Å². The summed E-state index contributed by atoms with van der Waals surface area (Å²) in [4.78, 5) is 5.63. The lowest BCUT2D eigenvalue weighted by Gasteiger charge is -2.30. The van der Waals surface area contributed by atoms with Crippen molar-refractivity contribution in [3.8, 4) is 0 Å². The molecule has 2 nitrogen and oxygen atoms in total. The molecule has 1 atom stereocenters. The smallest absolute Gasteiger partial charge is 0.0794 e. The highest BCUT2D eigenvalue weighted by Gasteiger charge is 2.41. The van der Waals surface area contributed by atoms with Crippen LogP contribution in [0.3, 0.4) is 0 Å². The maximum Gasteiger partial charge on any atom is 0.0794 e. The predicted molar refractivity (Wildman–Crippen MR) is 74.4 cm³/mol. The van der Waals surface area contributed by atoms with Crippen molar-refractivity contribution < 1.29 is 0 Å². The zero-order chi connectivity index (χ0) is 12.3. The van der Waals surface area contributed by atoms with Crippen LogP contribution < -0.4 is 5.32 Å². The van der Waals surface area contributed by atoms with Crippen LogP contribution in [0.5, 0.6) is 0 Å². The van der Waals surface area contributed by atoms with Crippen LogP contribution in [-0.4, -0.2) is 18.1 Å². The summed E-state index contributed by atoms with van der Waals surface area (Å²) in [6.07, 6.45) is 6.05. The highest BCUT2D eigenvalue weighted by Crippen LogP contribution is 2.47. The van der Waals surface area contributed by atoms with Gasteiger partial charge in [-0.15, -0.1) is 11.3 Å². The Morgan fingerprint density at radius 2 is 2.29 bits per heavy atom. The standard InChI is InChI=1S/C14H24N2S/c1-11(2)7-15-9-14(3,12-4-5-12)6-13-8-16-10-17-13/h8,10-12,15H,4-7,9H2,1-3H3. The molecule has 1 heterocycles. The van der Waals surface area contributed by atoms with Gasteiger partial charge in [0.05, 0.1) is 5.51 Å². The van der Waals surface area contributed by atoms with E-state index >= 15 is 0 Å². The summed E-state index contributed by atoms with van der Waals surface area (Å²) in [6.45, 7) is 9.26. The van der Waals surface area contributed by atoms with Gasteiger partial charge in [-0.25, -0.2) is 0 Å². The molecule has 2 rings (SSSR count). The molecular formula is C14H24N2S. The lowest BCUT2D eigenvalue weighted by molar-refractivity contribution is 0.253. The van der Waals surface area contributed by atoms with Crippen molar-refractivity contribution in [1.29, 1.82) is 0 Å². The van der Waals surface area contributed by atoms with Gasteiger partial charge in [0.15, 0.2) is 0 Å². The van der Waals surface area contributed by atoms with Crippen LogP contribution >= 0.6 is 11.3 Å². The first kappa shape index (κ1) is 13.0. The zero-order valence-corrected chi connectivity index (χ0v) is 12.0. The van der Waals surface area contributed by atoms with Crippen molar-refractivity contribution in [2.45, 2.75) is 40.0 Å². The molecule has 1 saturated carbocycles. The normalized spacial score (nSPS) is 19.5. The van der Waals surface area contributed by atoms with E-state index in [1.165, 1.54) is 24.1 Å². The van der Waals surface area contributed by atoms with Crippen molar-refractivity contribution in [3.63, 3.8) is 0 Å². The van der Waals surface area contributed by atoms with E-state index in [1.807, 2.05) is 11.7 Å². The largest absolute Gasteiger partial charge is 0.316 e. The van der Waals surface area contributed by atoms with Gasteiger partial charge in [-0.1, -0.05) is 20.8 Å². The molecular weight excluding hydrogens is 228 g/mol. The Hall–Kier alpha value is -0.410. The molecule has 1 fully saturated rings. The summed E-state index contributed by atoms with van der Waals surface area (Å²) >= 11 is 1.80. The monoisotopic (exact) mass is 252 g/mol. The SMILES string of the molecule is CC(C)CNCC(C)(Cc1cncs1)C1CC1. The lowest BCUT2D eigenvalue weighted by Crippen LogP contribution is -2.37. The summed E-state index contributed by atoms with van der Waals surface area (Å²) in [5.74, 6) is 1.66. The predicted octanol–water partition coefficient (Wildman–Crippen LogP) is 3.35. The van der Waals surface area contributed by atoms with E-state index in [9.17, 15) is 0 Å². The molecule has 0 spiro atoms. The first-order valence-electron chi connectivity index (χ1n) is 6.68. The second-order valence-corrected chi connectivity index (χ2v) is 7.07. The molecule has 0 amide bonds. The van der Waals surface area contributed by atoms with Gasteiger partial charge in [0.2, 0.25) is 0 Å². The number of nitrogens with zero attached hydrogens (tertiary/aromatic N) is 1. The molecule has 3 heteroatoms. The Bertz CT molecular complexity index is 330. The molecule has 1 aliphatic rings. The van der Waals surface area contributed by atoms with Crippen LogP contribution in [0.25, 0.3) is 0 Å². The van der Waals surface area contributed by atoms with E-state index in [-0.39, 0.29) is 0 Å². The summed E-state index contributed by atoms with van der Waals surface area (Å²) in [6, 6.07) is 0. The first-order valence-corrected chi connectivity index (χ1v) is 7.56. The fourth-order valence-corrected chi connectivity index (χ4v) is 3.30. The van der Waals surface area contributed by atoms with E-state index in [0.717, 1.165) is 24.9 Å². The second-order valence-electron chi connectivity index (χ2n) is 6.10. The Labute approximate surface area is 109 Å². The molecule has 0 aromatic carbocycles. The van der Waals surface area contributed by atoms with Crippen LogP contribution in [0.2, 0.25) is 0 Å². The number of hydrogen-bond acceptors (Lipinski definition) is 3. The van der Waals surface area contributed by atoms with Crippen LogP contribution in [-0.2, 0) is 6.42 Å². The van der Waals surface area contributed by atoms with E-state index in [4.69, 9.17) is 0 Å². The molecule has 0 bridgehead atoms. The average molecular weight is 252 g/mol. The van der Waals surface area contributed by atoms with Gasteiger partial charge in [0.1, 0.15) is 0 Å². The number of rotatable bonds is 7. The summed E-state index contributed by atoms with van der Waals surface area (Å²) in [5.41, 5.74) is 2.38. The zero-order valence-electron chi connectivity index (χ0n) is 11.2. The number of nitrogens with one attached hydrogen (secondary N) is 1. The molecule has 1 unspecified atom stereocenters. The van der Waals surface area contributed by atoms with E-state index in [0.29, 0.717) is 5.41 Å². The Balaban J connectivity index is 1.90. The maximum absolute atomic E-state index is 4.19. The third kappa shape index (κ3) is 3.78. The molecule has 1 aromatic rings. The highest BCUT2D eigenvalue weighted by molar-refractivity contribution is 7.09. The van der Waals surface area contributed by atoms with Crippen molar-refractivity contribution in [2.75, 3.05) is 13.1 Å². The molecule has 1 N–H and O–H groups in total. The van der Waals surface area contributed by atoms with Gasteiger partial charge in [-0.2, -0.15) is 0 Å². The third-order valence-corrected chi connectivity index (χ3v) is 4.49. The topological polar surface area (TPSA) is 24.9 Å². The van der Waals surface area contributed by atoms with Crippen molar-refractivity contribution in [3.05, 3.63) is 16.6 Å². The summed E-state index contributed by atoms with van der Waals surface area (Å²) in [5, 5.41) is 3.64. The van der Waals surface area contributed by atoms with Gasteiger partial charge < -0.3 is 5.32 Å². The number of hydrogen-bond donors (Lipinski definition) is 1. The van der Waals surface area contributed by atoms with Gasteiger partial charge in [0.25, 0.3) is 0 Å². The Kier molecular flexibility index (Phi) is 4.21. The Morgan fingerprint density at radius 3 is 2.82 bits per heavy atom. The maximum atomic E-state index is 4.19. The van der Waals surface area contributed by atoms with E-state index < -0.39 is 0 Å². The molecule has 1 aromatic heterocycles. The fraction of sp³-hybridized carbons (Fsp3) is 0.786. The summed E-state index contributed by atoms with van der Waals surface area (Å²) in [7, 11) is 0. The van der Waals surface area contributed by atoms with Crippen LogP contribution in [0, 0.1) is 17.3 Å². The molecule has 0 saturated heterocycles. The van der Waals surface area contributed by atoms with Crippen molar-refractivity contribution in [2.24, 2.45) is 17.3 Å². The van der Waals surface area contributed by atoms with E-state index in [2.05, 4.69) is 31.1 Å². The average Bonchev–Trinajstić information content (AvgIpc) is 3.00. The molecule has 0 radical (unpaired) electrons. The first-order chi connectivity index (χ1) is 8.10. The minimum Gasteiger partial charge on any atom is -0.316 e. The molecule has 0 aliphatic heterocycles. The Morgan fingerprint density at radius 1 is 1.53 bits per heavy atom. The lowest BCUT2D eigenvalue weighted by atomic mass is 9.81. The van der Waals surface area contributed by atoms with Gasteiger partial charge in [0, 0.05) is 17.6 Å². The summed E-state index contributed by atoms with van der Waals surface area (Å²) < 4.78 is 0. The minimum atomic E-state index is 0.432. The van der Waals surface area contributed by atoms with Gasteiger partial charge >= 0.3 is 0 Å². The van der Waals surface area contributed by atoms with Crippen LogP contribution in [0.15, 0.2) is 11.7 Å². The van der Waals surface area contributed by atoms with Gasteiger partial charge in [-0.05, 0) is 43.1 Å². The van der Waals surface area contributed by atoms with Crippen LogP contribution in [0.4, 0.5) is 0 Å². The minimum absolute atomic E-state index is 0.432. The number of aromatic nitrogens is 1. The molecule has 17 heavy (non-hydrogen) atoms. The molecule has 96 valence electrons. The van der Waals surface area contributed by atoms with Crippen LogP contribution in [0.1, 0.15) is 38.5 Å². The second kappa shape index (κ2) is 5.49. The fourth-order valence-electron chi connectivity index (χ4n) is 2.51. The van der Waals surface area contributed by atoms with E-state index in [1.54, 1.807) is 11.3 Å². The van der Waals surface area contributed by atoms with Crippen molar-refractivity contribution in [1.82, 2.24) is 10.3 Å². The van der Waals surface area contributed by atoms with Crippen molar-refractivity contribution >= 4 is 11.3 Å². The number of thiazole rings is 1. The third-order valence-electron chi connectivity index (χ3n) is 3.71. The molecule has 1 aliphatic carbocycles.